The molecule has 0 aliphatic carbocycles. The average Bonchev–Trinajstić information content (AvgIpc) is 3.15. The molecule has 3 rings (SSSR count). The molecule has 0 spiro atoms. The Morgan fingerprint density at radius 2 is 2.12 bits per heavy atom. The number of aromatic nitrogens is 1. The molecular formula is C19H29N3O2. The number of carbonyl (C=O) groups excluding carboxylic acids is 1. The third-order valence-electron chi connectivity index (χ3n) is 5.45. The predicted molar refractivity (Wildman–Crippen MR) is 93.5 cm³/mol. The summed E-state index contributed by atoms with van der Waals surface area (Å²) in [5.41, 5.74) is 1.13. The Labute approximate surface area is 145 Å². The van der Waals surface area contributed by atoms with Crippen LogP contribution in [0.15, 0.2) is 24.4 Å². The Hall–Kier alpha value is -1.46. The van der Waals surface area contributed by atoms with Crippen LogP contribution in [-0.2, 0) is 16.1 Å². The fraction of sp³-hybridized carbons (Fsp3) is 0.684. The Morgan fingerprint density at radius 3 is 2.83 bits per heavy atom. The third-order valence-corrected chi connectivity index (χ3v) is 5.45. The van der Waals surface area contributed by atoms with Crippen LogP contribution in [0.25, 0.3) is 0 Å². The maximum atomic E-state index is 11.6. The maximum Gasteiger partial charge on any atom is 0.305 e. The van der Waals surface area contributed by atoms with Crippen molar-refractivity contribution in [1.82, 2.24) is 14.8 Å². The molecule has 5 nitrogen and oxygen atoms in total. The predicted octanol–water partition coefficient (Wildman–Crippen LogP) is 2.32. The van der Waals surface area contributed by atoms with Crippen molar-refractivity contribution in [2.24, 2.45) is 5.92 Å². The number of esters is 1. The highest BCUT2D eigenvalue weighted by molar-refractivity contribution is 5.69. The summed E-state index contributed by atoms with van der Waals surface area (Å²) in [6.07, 6.45) is 7.14. The first-order valence-electron chi connectivity index (χ1n) is 9.19. The van der Waals surface area contributed by atoms with E-state index in [0.29, 0.717) is 18.4 Å². The zero-order chi connectivity index (χ0) is 16.8. The lowest BCUT2D eigenvalue weighted by molar-refractivity contribution is -0.141. The third kappa shape index (κ3) is 4.54. The Balaban J connectivity index is 1.61. The summed E-state index contributed by atoms with van der Waals surface area (Å²) in [7, 11) is 1.48. The van der Waals surface area contributed by atoms with Crippen LogP contribution < -0.4 is 0 Å². The second kappa shape index (κ2) is 8.58. The first kappa shape index (κ1) is 17.4. The van der Waals surface area contributed by atoms with Gasteiger partial charge in [-0.05, 0) is 56.8 Å². The molecule has 0 bridgehead atoms. The van der Waals surface area contributed by atoms with E-state index in [1.165, 1.54) is 39.5 Å². The normalized spacial score (nSPS) is 25.7. The highest BCUT2D eigenvalue weighted by Crippen LogP contribution is 2.29. The van der Waals surface area contributed by atoms with Crippen LogP contribution in [-0.4, -0.2) is 60.1 Å². The molecule has 0 amide bonds. The number of pyridine rings is 1. The van der Waals surface area contributed by atoms with Gasteiger partial charge < -0.3 is 9.64 Å². The number of piperidine rings is 1. The van der Waals surface area contributed by atoms with Crippen LogP contribution in [0.3, 0.4) is 0 Å². The SMILES string of the molecule is COC(=O)CC[C@H]1CN(Cc2ccccn2)CC[C@H]1N1CCCC1. The minimum atomic E-state index is -0.0861. The van der Waals surface area contributed by atoms with E-state index in [1.807, 2.05) is 18.3 Å². The fourth-order valence-electron chi connectivity index (χ4n) is 4.20. The van der Waals surface area contributed by atoms with Crippen LogP contribution in [0.1, 0.15) is 37.8 Å². The summed E-state index contributed by atoms with van der Waals surface area (Å²) >= 11 is 0. The Kier molecular flexibility index (Phi) is 6.21. The minimum absolute atomic E-state index is 0.0861. The van der Waals surface area contributed by atoms with Crippen LogP contribution in [0, 0.1) is 5.92 Å². The van der Waals surface area contributed by atoms with Crippen LogP contribution in [0.5, 0.6) is 0 Å². The number of ether oxygens (including phenoxy) is 1. The van der Waals surface area contributed by atoms with E-state index < -0.39 is 0 Å². The first-order valence-corrected chi connectivity index (χ1v) is 9.19. The van der Waals surface area contributed by atoms with E-state index in [0.717, 1.165) is 31.7 Å². The van der Waals surface area contributed by atoms with Gasteiger partial charge >= 0.3 is 5.97 Å². The Bertz CT molecular complexity index is 517. The first-order chi connectivity index (χ1) is 11.8. The smallest absolute Gasteiger partial charge is 0.305 e. The lowest BCUT2D eigenvalue weighted by Gasteiger charge is -2.42. The maximum absolute atomic E-state index is 11.6. The van der Waals surface area contributed by atoms with Crippen molar-refractivity contribution in [1.29, 1.82) is 0 Å². The van der Waals surface area contributed by atoms with E-state index in [4.69, 9.17) is 4.74 Å². The number of likely N-dealkylation sites (tertiary alicyclic amines) is 2. The highest BCUT2D eigenvalue weighted by atomic mass is 16.5. The molecule has 1 aromatic rings. The van der Waals surface area contributed by atoms with Gasteiger partial charge in [-0.25, -0.2) is 0 Å². The number of carbonyl (C=O) groups is 1. The molecule has 2 atom stereocenters. The number of methoxy groups -OCH3 is 1. The number of nitrogens with zero attached hydrogens (tertiary/aromatic N) is 3. The van der Waals surface area contributed by atoms with Crippen LogP contribution in [0.2, 0.25) is 0 Å². The summed E-state index contributed by atoms with van der Waals surface area (Å²) in [6, 6.07) is 6.73. The van der Waals surface area contributed by atoms with Crippen molar-refractivity contribution in [3.05, 3.63) is 30.1 Å². The average molecular weight is 331 g/mol. The molecule has 1 aromatic heterocycles. The minimum Gasteiger partial charge on any atom is -0.469 e. The van der Waals surface area contributed by atoms with Gasteiger partial charge in [-0.3, -0.25) is 14.7 Å². The summed E-state index contributed by atoms with van der Waals surface area (Å²) in [6.45, 7) is 5.52. The Morgan fingerprint density at radius 1 is 1.29 bits per heavy atom. The van der Waals surface area contributed by atoms with Crippen molar-refractivity contribution in [3.63, 3.8) is 0 Å². The molecule has 2 aliphatic rings. The molecule has 3 heterocycles. The van der Waals surface area contributed by atoms with Gasteiger partial charge in [0.1, 0.15) is 0 Å². The van der Waals surface area contributed by atoms with Crippen molar-refractivity contribution in [3.8, 4) is 0 Å². The van der Waals surface area contributed by atoms with E-state index in [9.17, 15) is 4.79 Å². The van der Waals surface area contributed by atoms with E-state index >= 15 is 0 Å². The van der Waals surface area contributed by atoms with Crippen molar-refractivity contribution < 1.29 is 9.53 Å². The van der Waals surface area contributed by atoms with Crippen molar-refractivity contribution in [2.75, 3.05) is 33.3 Å². The van der Waals surface area contributed by atoms with E-state index in [1.54, 1.807) is 0 Å². The largest absolute Gasteiger partial charge is 0.469 e. The van der Waals surface area contributed by atoms with Gasteiger partial charge in [0.2, 0.25) is 0 Å². The molecule has 24 heavy (non-hydrogen) atoms. The van der Waals surface area contributed by atoms with Crippen molar-refractivity contribution >= 4 is 5.97 Å². The molecule has 0 aromatic carbocycles. The van der Waals surface area contributed by atoms with Gasteiger partial charge in [0.05, 0.1) is 12.8 Å². The number of rotatable bonds is 6. The molecule has 132 valence electrons. The molecule has 0 radical (unpaired) electrons. The summed E-state index contributed by atoms with van der Waals surface area (Å²) in [5.74, 6) is 0.455. The molecule has 2 fully saturated rings. The van der Waals surface area contributed by atoms with E-state index in [2.05, 4.69) is 20.9 Å². The molecule has 0 unspecified atom stereocenters. The topological polar surface area (TPSA) is 45.7 Å². The summed E-state index contributed by atoms with van der Waals surface area (Å²) in [4.78, 5) is 21.2. The molecule has 2 saturated heterocycles. The van der Waals surface area contributed by atoms with Gasteiger partial charge in [-0.2, -0.15) is 0 Å². The number of hydrogen-bond donors (Lipinski definition) is 0. The van der Waals surface area contributed by atoms with Gasteiger partial charge in [-0.1, -0.05) is 6.07 Å². The van der Waals surface area contributed by atoms with Crippen LogP contribution >= 0.6 is 0 Å². The molecule has 0 saturated carbocycles. The number of hydrogen-bond acceptors (Lipinski definition) is 5. The van der Waals surface area contributed by atoms with Crippen LogP contribution in [0.4, 0.5) is 0 Å². The second-order valence-corrected chi connectivity index (χ2v) is 7.03. The second-order valence-electron chi connectivity index (χ2n) is 7.03. The fourth-order valence-corrected chi connectivity index (χ4v) is 4.20. The summed E-state index contributed by atoms with van der Waals surface area (Å²) in [5, 5.41) is 0. The zero-order valence-corrected chi connectivity index (χ0v) is 14.7. The zero-order valence-electron chi connectivity index (χ0n) is 14.7. The lowest BCUT2D eigenvalue weighted by Crippen LogP contribution is -2.50. The van der Waals surface area contributed by atoms with Gasteiger partial charge in [-0.15, -0.1) is 0 Å². The lowest BCUT2D eigenvalue weighted by atomic mass is 9.87. The molecule has 0 N–H and O–H groups in total. The van der Waals surface area contributed by atoms with Gasteiger partial charge in [0.15, 0.2) is 0 Å². The monoisotopic (exact) mass is 331 g/mol. The molecule has 5 heteroatoms. The standard InChI is InChI=1S/C19H29N3O2/c1-24-19(23)8-7-16-14-21(15-17-6-2-3-10-20-17)13-9-18(16)22-11-4-5-12-22/h2-3,6,10,16,18H,4-5,7-9,11-15H2,1H3/t16-,18+/m0/s1. The molecular weight excluding hydrogens is 302 g/mol. The van der Waals surface area contributed by atoms with Crippen molar-refractivity contribution in [2.45, 2.75) is 44.7 Å². The van der Waals surface area contributed by atoms with Gasteiger partial charge in [0, 0.05) is 38.3 Å². The van der Waals surface area contributed by atoms with E-state index in [-0.39, 0.29) is 5.97 Å². The highest BCUT2D eigenvalue weighted by Gasteiger charge is 2.34. The summed E-state index contributed by atoms with van der Waals surface area (Å²) < 4.78 is 4.85. The quantitative estimate of drug-likeness (QED) is 0.749. The molecule has 2 aliphatic heterocycles. The van der Waals surface area contributed by atoms with Gasteiger partial charge in [0.25, 0.3) is 0 Å².